The number of rotatable bonds is 51. The zero-order valence-electron chi connectivity index (χ0n) is 46.8. The van der Waals surface area contributed by atoms with Gasteiger partial charge in [-0.3, -0.25) is 14.4 Å². The average Bonchev–Trinajstić information content (AvgIpc) is 3.30. The number of hydrogen-bond acceptors (Lipinski definition) is 9. The Balaban J connectivity index is -0.000000463. The third-order valence-electron chi connectivity index (χ3n) is 13.9. The first-order chi connectivity index (χ1) is 33.3. The van der Waals surface area contributed by atoms with Crippen LogP contribution in [0.1, 0.15) is 330 Å². The fourth-order valence-corrected chi connectivity index (χ4v) is 9.09. The van der Waals surface area contributed by atoms with E-state index in [4.69, 9.17) is 0 Å². The van der Waals surface area contributed by atoms with Crippen LogP contribution < -0.4 is 15.3 Å². The van der Waals surface area contributed by atoms with Gasteiger partial charge < -0.3 is 29.7 Å². The molecule has 0 aromatic rings. The molecule has 0 heterocycles. The van der Waals surface area contributed by atoms with Gasteiger partial charge >= 0.3 is 17.4 Å². The number of unbranched alkanes of at least 4 members (excludes halogenated alkanes) is 39. The smallest absolute Gasteiger partial charge is 0.549 e. The predicted octanol–water partition coefficient (Wildman–Crippen LogP) is 14.1. The fourth-order valence-electron chi connectivity index (χ4n) is 9.09. The molecule has 0 N–H and O–H groups in total. The van der Waals surface area contributed by atoms with Gasteiger partial charge in [0.1, 0.15) is 17.3 Å². The Hall–Kier alpha value is -2.05. The van der Waals surface area contributed by atoms with Crippen LogP contribution in [0, 0.1) is 17.8 Å². The molecule has 70 heavy (non-hydrogen) atoms. The topological polar surface area (TPSA) is 172 Å². The van der Waals surface area contributed by atoms with Gasteiger partial charge in [-0.2, -0.15) is 0 Å². The van der Waals surface area contributed by atoms with Gasteiger partial charge in [-0.15, -0.1) is 0 Å². The van der Waals surface area contributed by atoms with Gasteiger partial charge in [0.15, 0.2) is 0 Å². The molecule has 0 rings (SSSR count). The standard InChI is InChI=1S/3C20H38O3.Al/c3*1-3-4-5-6-7-8-9-10-11-12-13-14-15-16-17-19(18(2)21)20(22)23;/h3*19H,3-17H2,1-2H3,(H,22,23);/q;;;+3/p-3. The van der Waals surface area contributed by atoms with Crippen molar-refractivity contribution in [3.8, 4) is 0 Å². The summed E-state index contributed by atoms with van der Waals surface area (Å²) in [6.07, 6.45) is 54.9. The number of carbonyl (C=O) groups excluding carboxylic acids is 6. The summed E-state index contributed by atoms with van der Waals surface area (Å²) in [5.41, 5.74) is 0. The van der Waals surface area contributed by atoms with E-state index in [0.717, 1.165) is 57.8 Å². The maximum atomic E-state index is 11.1. The summed E-state index contributed by atoms with van der Waals surface area (Å²) in [6.45, 7) is 10.8. The maximum Gasteiger partial charge on any atom is 3.00 e. The Bertz CT molecular complexity index is 1010. The molecule has 9 nitrogen and oxygen atoms in total. The van der Waals surface area contributed by atoms with Gasteiger partial charge in [0.2, 0.25) is 0 Å². The number of aliphatic carboxylic acids is 3. The molecule has 0 bridgehead atoms. The van der Waals surface area contributed by atoms with E-state index < -0.39 is 35.7 Å². The summed E-state index contributed by atoms with van der Waals surface area (Å²) < 4.78 is 0. The van der Waals surface area contributed by atoms with Crippen molar-refractivity contribution >= 4 is 52.6 Å². The first-order valence-electron chi connectivity index (χ1n) is 29.4. The van der Waals surface area contributed by atoms with Gasteiger partial charge in [-0.1, -0.05) is 290 Å². The van der Waals surface area contributed by atoms with E-state index in [2.05, 4.69) is 20.8 Å². The van der Waals surface area contributed by atoms with Gasteiger partial charge in [0, 0.05) is 0 Å². The van der Waals surface area contributed by atoms with E-state index in [0.29, 0.717) is 19.3 Å². The molecule has 0 aromatic carbocycles. The molecule has 408 valence electrons. The number of carboxylic acids is 3. The van der Waals surface area contributed by atoms with E-state index >= 15 is 0 Å². The molecule has 3 unspecified atom stereocenters. The molecule has 0 saturated carbocycles. The van der Waals surface area contributed by atoms with E-state index in [9.17, 15) is 44.1 Å². The molecule has 0 saturated heterocycles. The van der Waals surface area contributed by atoms with Crippen LogP contribution in [-0.4, -0.2) is 52.6 Å². The third kappa shape index (κ3) is 56.9. The van der Waals surface area contributed by atoms with E-state index in [-0.39, 0.29) is 34.7 Å². The van der Waals surface area contributed by atoms with Crippen LogP contribution in [0.3, 0.4) is 0 Å². The first-order valence-corrected chi connectivity index (χ1v) is 29.4. The van der Waals surface area contributed by atoms with Crippen LogP contribution in [0.25, 0.3) is 0 Å². The van der Waals surface area contributed by atoms with Crippen LogP contribution in [0.4, 0.5) is 0 Å². The number of ketones is 3. The molecule has 0 fully saturated rings. The predicted molar refractivity (Wildman–Crippen MR) is 288 cm³/mol. The van der Waals surface area contributed by atoms with Crippen molar-refractivity contribution in [3.63, 3.8) is 0 Å². The molecule has 0 aromatic heterocycles. The minimum Gasteiger partial charge on any atom is -0.549 e. The SMILES string of the molecule is CCCCCCCCCCCCCCCCC(C(C)=O)C(=O)[O-].CCCCCCCCCCCCCCCCC(C(C)=O)C(=O)[O-].CCCCCCCCCCCCCCCCC(C(C)=O)C(=O)[O-].[Al+3]. The summed E-state index contributed by atoms with van der Waals surface area (Å²) in [5.74, 6) is -7.17. The molecule has 0 spiro atoms. The molecule has 0 radical (unpaired) electrons. The maximum absolute atomic E-state index is 11.1. The van der Waals surface area contributed by atoms with Crippen LogP contribution in [0.15, 0.2) is 0 Å². The Labute approximate surface area is 443 Å². The zero-order valence-corrected chi connectivity index (χ0v) is 48.0. The Morgan fingerprint density at radius 1 is 0.243 bits per heavy atom. The minimum atomic E-state index is -1.22. The molecule has 3 atom stereocenters. The van der Waals surface area contributed by atoms with E-state index in [1.807, 2.05) is 0 Å². The van der Waals surface area contributed by atoms with Crippen molar-refractivity contribution in [2.45, 2.75) is 330 Å². The molecule has 0 aliphatic heterocycles. The van der Waals surface area contributed by atoms with Crippen molar-refractivity contribution in [2.24, 2.45) is 17.8 Å². The number of carboxylic acid groups (broad SMARTS) is 3. The number of Topliss-reactive ketones (excluding diaryl/α,β-unsaturated/α-hetero) is 3. The molecular weight excluding hydrogens is 892 g/mol. The van der Waals surface area contributed by atoms with Crippen LogP contribution in [0.5, 0.6) is 0 Å². The van der Waals surface area contributed by atoms with Gasteiger partial charge in [0.25, 0.3) is 0 Å². The second-order valence-corrected chi connectivity index (χ2v) is 20.6. The van der Waals surface area contributed by atoms with Crippen LogP contribution in [0.2, 0.25) is 0 Å². The van der Waals surface area contributed by atoms with Crippen molar-refractivity contribution in [3.05, 3.63) is 0 Å². The summed E-state index contributed by atoms with van der Waals surface area (Å²) in [7, 11) is 0. The summed E-state index contributed by atoms with van der Waals surface area (Å²) in [4.78, 5) is 65.7. The van der Waals surface area contributed by atoms with Crippen molar-refractivity contribution in [2.75, 3.05) is 0 Å². The number of carbonyl (C=O) groups is 6. The molecule has 0 amide bonds. The largest absolute Gasteiger partial charge is 3.00 e. The van der Waals surface area contributed by atoms with Gasteiger partial charge in [0.05, 0.1) is 35.7 Å². The first kappa shape index (κ1) is 74.5. The third-order valence-corrected chi connectivity index (χ3v) is 13.9. The monoisotopic (exact) mass is 1000 g/mol. The normalized spacial score (nSPS) is 12.1. The molecular formula is C60H111AlO9. The fraction of sp³-hybridized carbons (Fsp3) is 0.900. The summed E-state index contributed by atoms with van der Waals surface area (Å²) >= 11 is 0. The second kappa shape index (κ2) is 59.5. The van der Waals surface area contributed by atoms with Crippen LogP contribution >= 0.6 is 0 Å². The van der Waals surface area contributed by atoms with Gasteiger partial charge in [-0.25, -0.2) is 0 Å². The number of hydrogen-bond donors (Lipinski definition) is 0. The zero-order chi connectivity index (χ0) is 52.0. The van der Waals surface area contributed by atoms with Crippen LogP contribution in [-0.2, 0) is 28.8 Å². The second-order valence-electron chi connectivity index (χ2n) is 20.6. The van der Waals surface area contributed by atoms with Gasteiger partial charge in [-0.05, 0) is 40.0 Å². The van der Waals surface area contributed by atoms with Crippen molar-refractivity contribution in [1.29, 1.82) is 0 Å². The van der Waals surface area contributed by atoms with Crippen molar-refractivity contribution < 1.29 is 44.1 Å². The molecule has 0 aliphatic rings. The Kier molecular flexibility index (Phi) is 63.3. The summed E-state index contributed by atoms with van der Waals surface area (Å²) in [5, 5.41) is 32.3. The average molecular weight is 1000 g/mol. The Morgan fingerprint density at radius 3 is 0.457 bits per heavy atom. The quantitative estimate of drug-likeness (QED) is 0.0327. The van der Waals surface area contributed by atoms with E-state index in [1.54, 1.807) is 0 Å². The minimum absolute atomic E-state index is 0. The summed E-state index contributed by atoms with van der Waals surface area (Å²) in [6, 6.07) is 0. The van der Waals surface area contributed by atoms with Crippen molar-refractivity contribution in [1.82, 2.24) is 0 Å². The molecule has 10 heteroatoms. The van der Waals surface area contributed by atoms with E-state index in [1.165, 1.54) is 233 Å². The molecule has 0 aliphatic carbocycles. The Morgan fingerprint density at radius 2 is 0.357 bits per heavy atom.